The Bertz CT molecular complexity index is 326. The lowest BCUT2D eigenvalue weighted by atomic mass is 9.97. The molecule has 1 aliphatic rings. The minimum absolute atomic E-state index is 0.147. The highest BCUT2D eigenvalue weighted by Gasteiger charge is 2.27. The number of amides is 1. The van der Waals surface area contributed by atoms with Crippen LogP contribution in [0.3, 0.4) is 0 Å². The first-order valence-electron chi connectivity index (χ1n) is 8.27. The number of carboxylic acids is 1. The summed E-state index contributed by atoms with van der Waals surface area (Å²) in [6.45, 7) is 3.90. The molecule has 122 valence electrons. The van der Waals surface area contributed by atoms with Crippen molar-refractivity contribution in [1.82, 2.24) is 5.32 Å². The molecule has 1 fully saturated rings. The SMILES string of the molecule is CCCCC(NC(=O)C(CC)OC1CCCCC1)C(=O)O. The van der Waals surface area contributed by atoms with Crippen LogP contribution >= 0.6 is 0 Å². The van der Waals surface area contributed by atoms with E-state index in [1.807, 2.05) is 13.8 Å². The average molecular weight is 299 g/mol. The monoisotopic (exact) mass is 299 g/mol. The lowest BCUT2D eigenvalue weighted by Gasteiger charge is -2.27. The third-order valence-electron chi connectivity index (χ3n) is 4.03. The van der Waals surface area contributed by atoms with Gasteiger partial charge in [-0.15, -0.1) is 0 Å². The Labute approximate surface area is 127 Å². The summed E-state index contributed by atoms with van der Waals surface area (Å²) in [5.74, 6) is -1.25. The molecule has 2 N–H and O–H groups in total. The molecule has 0 aromatic rings. The quantitative estimate of drug-likeness (QED) is 0.686. The van der Waals surface area contributed by atoms with E-state index in [1.54, 1.807) is 0 Å². The normalized spacial score (nSPS) is 19.0. The van der Waals surface area contributed by atoms with Gasteiger partial charge in [-0.25, -0.2) is 4.79 Å². The summed E-state index contributed by atoms with van der Waals surface area (Å²) in [5.41, 5.74) is 0. The van der Waals surface area contributed by atoms with Gasteiger partial charge in [-0.3, -0.25) is 4.79 Å². The van der Waals surface area contributed by atoms with Crippen LogP contribution in [0, 0.1) is 0 Å². The molecule has 1 saturated carbocycles. The van der Waals surface area contributed by atoms with Crippen molar-refractivity contribution in [2.45, 2.75) is 89.9 Å². The van der Waals surface area contributed by atoms with Crippen LogP contribution in [0.5, 0.6) is 0 Å². The maximum Gasteiger partial charge on any atom is 0.326 e. The van der Waals surface area contributed by atoms with E-state index < -0.39 is 18.1 Å². The fraction of sp³-hybridized carbons (Fsp3) is 0.875. The largest absolute Gasteiger partial charge is 0.480 e. The molecular formula is C16H29NO4. The molecule has 0 aromatic carbocycles. The van der Waals surface area contributed by atoms with Crippen molar-refractivity contribution < 1.29 is 19.4 Å². The van der Waals surface area contributed by atoms with Crippen LogP contribution in [-0.4, -0.2) is 35.2 Å². The van der Waals surface area contributed by atoms with E-state index in [2.05, 4.69) is 5.32 Å². The number of unbranched alkanes of at least 4 members (excludes halogenated alkanes) is 1. The summed E-state index contributed by atoms with van der Waals surface area (Å²) < 4.78 is 5.88. The summed E-state index contributed by atoms with van der Waals surface area (Å²) in [6.07, 6.45) is 7.90. The molecular weight excluding hydrogens is 270 g/mol. The summed E-state index contributed by atoms with van der Waals surface area (Å²) >= 11 is 0. The van der Waals surface area contributed by atoms with Gasteiger partial charge in [0.15, 0.2) is 0 Å². The second-order valence-electron chi connectivity index (χ2n) is 5.83. The van der Waals surface area contributed by atoms with E-state index in [1.165, 1.54) is 6.42 Å². The van der Waals surface area contributed by atoms with Gasteiger partial charge in [-0.05, 0) is 25.7 Å². The zero-order chi connectivity index (χ0) is 15.7. The zero-order valence-electron chi connectivity index (χ0n) is 13.3. The molecule has 1 rings (SSSR count). The van der Waals surface area contributed by atoms with Gasteiger partial charge in [0.1, 0.15) is 12.1 Å². The lowest BCUT2D eigenvalue weighted by Crippen LogP contribution is -2.47. The van der Waals surface area contributed by atoms with Crippen LogP contribution in [0.1, 0.15) is 71.6 Å². The van der Waals surface area contributed by atoms with Crippen LogP contribution in [-0.2, 0) is 14.3 Å². The first kappa shape index (κ1) is 18.0. The Morgan fingerprint density at radius 1 is 1.24 bits per heavy atom. The molecule has 0 aliphatic heterocycles. The maximum absolute atomic E-state index is 12.2. The number of hydrogen-bond donors (Lipinski definition) is 2. The van der Waals surface area contributed by atoms with Gasteiger partial charge >= 0.3 is 5.97 Å². The van der Waals surface area contributed by atoms with Crippen LogP contribution in [0.4, 0.5) is 0 Å². The number of ether oxygens (including phenoxy) is 1. The van der Waals surface area contributed by atoms with Gasteiger partial charge in [-0.1, -0.05) is 46.0 Å². The van der Waals surface area contributed by atoms with Gasteiger partial charge in [0, 0.05) is 0 Å². The number of hydrogen-bond acceptors (Lipinski definition) is 3. The van der Waals surface area contributed by atoms with Gasteiger partial charge in [0.2, 0.25) is 5.91 Å². The number of carbonyl (C=O) groups excluding carboxylic acids is 1. The summed E-state index contributed by atoms with van der Waals surface area (Å²) in [7, 11) is 0. The van der Waals surface area contributed by atoms with Crippen LogP contribution in [0.25, 0.3) is 0 Å². The van der Waals surface area contributed by atoms with E-state index in [9.17, 15) is 9.59 Å². The number of rotatable bonds is 9. The van der Waals surface area contributed by atoms with E-state index in [0.29, 0.717) is 12.8 Å². The number of nitrogens with one attached hydrogen (secondary N) is 1. The van der Waals surface area contributed by atoms with Crippen molar-refractivity contribution >= 4 is 11.9 Å². The molecule has 5 nitrogen and oxygen atoms in total. The molecule has 1 aliphatic carbocycles. The van der Waals surface area contributed by atoms with Crippen molar-refractivity contribution in [3.8, 4) is 0 Å². The highest BCUT2D eigenvalue weighted by Crippen LogP contribution is 2.22. The van der Waals surface area contributed by atoms with E-state index in [4.69, 9.17) is 9.84 Å². The van der Waals surface area contributed by atoms with Gasteiger partial charge in [-0.2, -0.15) is 0 Å². The topological polar surface area (TPSA) is 75.6 Å². The number of carbonyl (C=O) groups is 2. The Balaban J connectivity index is 2.49. The smallest absolute Gasteiger partial charge is 0.326 e. The summed E-state index contributed by atoms with van der Waals surface area (Å²) in [4.78, 5) is 23.4. The Hall–Kier alpha value is -1.10. The predicted molar refractivity (Wildman–Crippen MR) is 81.1 cm³/mol. The highest BCUT2D eigenvalue weighted by atomic mass is 16.5. The van der Waals surface area contributed by atoms with Crippen molar-refractivity contribution in [2.75, 3.05) is 0 Å². The van der Waals surface area contributed by atoms with E-state index in [-0.39, 0.29) is 12.0 Å². The second-order valence-corrected chi connectivity index (χ2v) is 5.83. The standard InChI is InChI=1S/C16H29NO4/c1-3-5-11-13(16(19)20)17-15(18)14(4-2)21-12-9-7-6-8-10-12/h12-14H,3-11H2,1-2H3,(H,17,18)(H,19,20). The molecule has 0 saturated heterocycles. The van der Waals surface area contributed by atoms with E-state index in [0.717, 1.165) is 38.5 Å². The maximum atomic E-state index is 12.2. The first-order chi connectivity index (χ1) is 10.1. The minimum Gasteiger partial charge on any atom is -0.480 e. The molecule has 2 atom stereocenters. The Morgan fingerprint density at radius 3 is 2.43 bits per heavy atom. The molecule has 0 bridgehead atoms. The van der Waals surface area contributed by atoms with Crippen LogP contribution in [0.15, 0.2) is 0 Å². The third-order valence-corrected chi connectivity index (χ3v) is 4.03. The van der Waals surface area contributed by atoms with Gasteiger partial charge in [0.25, 0.3) is 0 Å². The zero-order valence-corrected chi connectivity index (χ0v) is 13.3. The average Bonchev–Trinajstić information content (AvgIpc) is 2.49. The molecule has 0 aromatic heterocycles. The van der Waals surface area contributed by atoms with Crippen molar-refractivity contribution in [3.05, 3.63) is 0 Å². The Morgan fingerprint density at radius 2 is 1.90 bits per heavy atom. The minimum atomic E-state index is -0.968. The molecule has 0 radical (unpaired) electrons. The predicted octanol–water partition coefficient (Wildman–Crippen LogP) is 2.87. The molecule has 21 heavy (non-hydrogen) atoms. The summed E-state index contributed by atoms with van der Waals surface area (Å²) in [6, 6.07) is -0.804. The van der Waals surface area contributed by atoms with E-state index >= 15 is 0 Å². The number of carboxylic acid groups (broad SMARTS) is 1. The fourth-order valence-electron chi connectivity index (χ4n) is 2.71. The summed E-state index contributed by atoms with van der Waals surface area (Å²) in [5, 5.41) is 11.8. The highest BCUT2D eigenvalue weighted by molar-refractivity contribution is 5.86. The van der Waals surface area contributed by atoms with Crippen LogP contribution in [0.2, 0.25) is 0 Å². The molecule has 5 heteroatoms. The van der Waals surface area contributed by atoms with Crippen molar-refractivity contribution in [2.24, 2.45) is 0 Å². The van der Waals surface area contributed by atoms with Crippen molar-refractivity contribution in [1.29, 1.82) is 0 Å². The molecule has 0 spiro atoms. The third kappa shape index (κ3) is 6.46. The van der Waals surface area contributed by atoms with Crippen molar-refractivity contribution in [3.63, 3.8) is 0 Å². The fourth-order valence-corrected chi connectivity index (χ4v) is 2.71. The van der Waals surface area contributed by atoms with Gasteiger partial charge < -0.3 is 15.2 Å². The molecule has 2 unspecified atom stereocenters. The lowest BCUT2D eigenvalue weighted by molar-refractivity contribution is -0.146. The first-order valence-corrected chi connectivity index (χ1v) is 8.27. The second kappa shape index (κ2) is 9.77. The molecule has 0 heterocycles. The Kier molecular flexibility index (Phi) is 8.35. The van der Waals surface area contributed by atoms with Crippen LogP contribution < -0.4 is 5.32 Å². The van der Waals surface area contributed by atoms with Gasteiger partial charge in [0.05, 0.1) is 6.10 Å². The number of aliphatic carboxylic acids is 1. The molecule has 1 amide bonds.